The molecule has 1 aromatic carbocycles. The van der Waals surface area contributed by atoms with E-state index >= 15 is 0 Å². The normalized spacial score (nSPS) is 10.1. The highest BCUT2D eigenvalue weighted by atomic mass is 79.9. The van der Waals surface area contributed by atoms with Crippen LogP contribution in [-0.2, 0) is 0 Å². The maximum atomic E-state index is 5.92. The molecular formula is C9H9BrCl2O. The van der Waals surface area contributed by atoms with Crippen molar-refractivity contribution in [2.75, 3.05) is 12.5 Å². The minimum Gasteiger partial charge on any atom is -0.492 e. The van der Waals surface area contributed by atoms with E-state index in [1.165, 1.54) is 0 Å². The van der Waals surface area contributed by atoms with Gasteiger partial charge in [-0.3, -0.25) is 0 Å². The molecule has 0 atom stereocenters. The molecule has 0 N–H and O–H groups in total. The summed E-state index contributed by atoms with van der Waals surface area (Å²) in [7, 11) is 0. The highest BCUT2D eigenvalue weighted by molar-refractivity contribution is 9.10. The average Bonchev–Trinajstić information content (AvgIpc) is 2.09. The number of alkyl halides is 1. The lowest BCUT2D eigenvalue weighted by Crippen LogP contribution is -1.97. The molecule has 0 heterocycles. The lowest BCUT2D eigenvalue weighted by Gasteiger charge is -2.06. The summed E-state index contributed by atoms with van der Waals surface area (Å²) in [6, 6.07) is 5.53. The summed E-state index contributed by atoms with van der Waals surface area (Å²) in [5, 5.41) is 0.615. The molecule has 0 bridgehead atoms. The molecule has 0 aliphatic heterocycles. The molecule has 0 amide bonds. The third kappa shape index (κ3) is 3.75. The Bertz CT molecular complexity index is 278. The Kier molecular flexibility index (Phi) is 4.92. The molecule has 4 heteroatoms. The van der Waals surface area contributed by atoms with Crippen molar-refractivity contribution in [3.63, 3.8) is 0 Å². The second-order valence-corrected chi connectivity index (χ2v) is 4.17. The highest BCUT2D eigenvalue weighted by Crippen LogP contribution is 2.27. The summed E-state index contributed by atoms with van der Waals surface area (Å²) in [6.07, 6.45) is 0.827. The number of benzene rings is 1. The number of halogens is 3. The van der Waals surface area contributed by atoms with Gasteiger partial charge in [-0.15, -0.1) is 11.6 Å². The third-order valence-electron chi connectivity index (χ3n) is 1.43. The Morgan fingerprint density at radius 3 is 2.77 bits per heavy atom. The van der Waals surface area contributed by atoms with Gasteiger partial charge < -0.3 is 4.74 Å². The first-order valence-electron chi connectivity index (χ1n) is 3.88. The summed E-state index contributed by atoms with van der Waals surface area (Å²) in [5.74, 6) is 1.31. The molecule has 0 aromatic heterocycles. The molecule has 1 nitrogen and oxygen atoms in total. The SMILES string of the molecule is ClCCCOc1ccc(Br)cc1Cl. The Balaban J connectivity index is 2.56. The first-order valence-corrected chi connectivity index (χ1v) is 5.58. The van der Waals surface area contributed by atoms with Gasteiger partial charge in [0.2, 0.25) is 0 Å². The topological polar surface area (TPSA) is 9.23 Å². The van der Waals surface area contributed by atoms with Crippen molar-refractivity contribution < 1.29 is 4.74 Å². The van der Waals surface area contributed by atoms with Crippen molar-refractivity contribution in [2.24, 2.45) is 0 Å². The van der Waals surface area contributed by atoms with E-state index in [0.717, 1.165) is 10.9 Å². The molecule has 1 aromatic rings. The van der Waals surface area contributed by atoms with Crippen LogP contribution < -0.4 is 4.74 Å². The molecule has 0 spiro atoms. The minimum absolute atomic E-state index is 0.602. The van der Waals surface area contributed by atoms with Crippen LogP contribution in [0.1, 0.15) is 6.42 Å². The van der Waals surface area contributed by atoms with Gasteiger partial charge >= 0.3 is 0 Å². The van der Waals surface area contributed by atoms with Gasteiger partial charge in [0.25, 0.3) is 0 Å². The number of hydrogen-bond donors (Lipinski definition) is 0. The summed E-state index contributed by atoms with van der Waals surface area (Å²) in [4.78, 5) is 0. The van der Waals surface area contributed by atoms with E-state index in [0.29, 0.717) is 23.3 Å². The Hall–Kier alpha value is 0.0800. The highest BCUT2D eigenvalue weighted by Gasteiger charge is 2.00. The molecule has 0 aliphatic rings. The van der Waals surface area contributed by atoms with Crippen molar-refractivity contribution in [2.45, 2.75) is 6.42 Å². The largest absolute Gasteiger partial charge is 0.492 e. The van der Waals surface area contributed by atoms with Crippen LogP contribution in [0.25, 0.3) is 0 Å². The van der Waals surface area contributed by atoms with Gasteiger partial charge in [0.05, 0.1) is 11.6 Å². The van der Waals surface area contributed by atoms with E-state index < -0.39 is 0 Å². The Labute approximate surface area is 96.1 Å². The van der Waals surface area contributed by atoms with Crippen molar-refractivity contribution >= 4 is 39.1 Å². The minimum atomic E-state index is 0.602. The number of rotatable bonds is 4. The van der Waals surface area contributed by atoms with Crippen molar-refractivity contribution in [3.8, 4) is 5.75 Å². The first-order chi connectivity index (χ1) is 6.24. The molecule has 0 unspecified atom stereocenters. The van der Waals surface area contributed by atoms with Crippen LogP contribution in [0.2, 0.25) is 5.02 Å². The maximum Gasteiger partial charge on any atom is 0.137 e. The molecule has 0 saturated carbocycles. The Morgan fingerprint density at radius 2 is 2.15 bits per heavy atom. The predicted molar refractivity (Wildman–Crippen MR) is 60.0 cm³/mol. The van der Waals surface area contributed by atoms with Crippen LogP contribution in [0, 0.1) is 0 Å². The predicted octanol–water partition coefficient (Wildman–Crippen LogP) is 4.11. The fraction of sp³-hybridized carbons (Fsp3) is 0.333. The van der Waals surface area contributed by atoms with Gasteiger partial charge in [0.15, 0.2) is 0 Å². The third-order valence-corrected chi connectivity index (χ3v) is 2.49. The lowest BCUT2D eigenvalue weighted by molar-refractivity contribution is 0.318. The maximum absolute atomic E-state index is 5.92. The summed E-state index contributed by atoms with van der Waals surface area (Å²) >= 11 is 14.7. The van der Waals surface area contributed by atoms with Crippen LogP contribution in [0.3, 0.4) is 0 Å². The fourth-order valence-electron chi connectivity index (χ4n) is 0.829. The lowest BCUT2D eigenvalue weighted by atomic mass is 10.3. The van der Waals surface area contributed by atoms with Gasteiger partial charge in [-0.1, -0.05) is 27.5 Å². The second kappa shape index (κ2) is 5.74. The van der Waals surface area contributed by atoms with E-state index in [9.17, 15) is 0 Å². The first kappa shape index (κ1) is 11.2. The van der Waals surface area contributed by atoms with Gasteiger partial charge in [0, 0.05) is 10.4 Å². The van der Waals surface area contributed by atoms with Crippen LogP contribution in [0.4, 0.5) is 0 Å². The zero-order valence-electron chi connectivity index (χ0n) is 6.90. The zero-order chi connectivity index (χ0) is 9.68. The Morgan fingerprint density at radius 1 is 1.38 bits per heavy atom. The van der Waals surface area contributed by atoms with Crippen molar-refractivity contribution in [1.29, 1.82) is 0 Å². The van der Waals surface area contributed by atoms with Gasteiger partial charge in [-0.2, -0.15) is 0 Å². The van der Waals surface area contributed by atoms with E-state index in [1.807, 2.05) is 12.1 Å². The van der Waals surface area contributed by atoms with E-state index in [2.05, 4.69) is 15.9 Å². The van der Waals surface area contributed by atoms with Crippen LogP contribution >= 0.6 is 39.1 Å². The van der Waals surface area contributed by atoms with Crippen LogP contribution in [0.15, 0.2) is 22.7 Å². The van der Waals surface area contributed by atoms with Gasteiger partial charge in [0.1, 0.15) is 5.75 Å². The molecule has 13 heavy (non-hydrogen) atoms. The zero-order valence-corrected chi connectivity index (χ0v) is 9.99. The molecule has 0 fully saturated rings. The fourth-order valence-corrected chi connectivity index (χ4v) is 1.67. The molecule has 0 radical (unpaired) electrons. The molecule has 0 aliphatic carbocycles. The monoisotopic (exact) mass is 282 g/mol. The molecule has 1 rings (SSSR count). The van der Waals surface area contributed by atoms with E-state index in [1.54, 1.807) is 6.07 Å². The summed E-state index contributed by atoms with van der Waals surface area (Å²) in [6.45, 7) is 0.602. The van der Waals surface area contributed by atoms with E-state index in [-0.39, 0.29) is 0 Å². The molecular weight excluding hydrogens is 275 g/mol. The number of ether oxygens (including phenoxy) is 1. The summed E-state index contributed by atoms with van der Waals surface area (Å²) < 4.78 is 6.34. The molecule has 0 saturated heterocycles. The average molecular weight is 284 g/mol. The number of hydrogen-bond acceptors (Lipinski definition) is 1. The smallest absolute Gasteiger partial charge is 0.137 e. The summed E-state index contributed by atoms with van der Waals surface area (Å²) in [5.41, 5.74) is 0. The van der Waals surface area contributed by atoms with Gasteiger partial charge in [-0.05, 0) is 24.6 Å². The van der Waals surface area contributed by atoms with E-state index in [4.69, 9.17) is 27.9 Å². The second-order valence-electron chi connectivity index (χ2n) is 2.47. The quantitative estimate of drug-likeness (QED) is 0.597. The van der Waals surface area contributed by atoms with Gasteiger partial charge in [-0.25, -0.2) is 0 Å². The van der Waals surface area contributed by atoms with Crippen LogP contribution in [-0.4, -0.2) is 12.5 Å². The van der Waals surface area contributed by atoms with Crippen LogP contribution in [0.5, 0.6) is 5.75 Å². The van der Waals surface area contributed by atoms with Crippen molar-refractivity contribution in [3.05, 3.63) is 27.7 Å². The standard InChI is InChI=1S/C9H9BrCl2O/c10-7-2-3-9(8(12)6-7)13-5-1-4-11/h2-3,6H,1,4-5H2. The van der Waals surface area contributed by atoms with Crippen molar-refractivity contribution in [1.82, 2.24) is 0 Å². The molecule has 72 valence electrons.